The maximum atomic E-state index is 10.9. The van der Waals surface area contributed by atoms with E-state index >= 15 is 0 Å². The summed E-state index contributed by atoms with van der Waals surface area (Å²) in [6.07, 6.45) is 1.67. The molecule has 1 heterocycles. The van der Waals surface area contributed by atoms with Crippen molar-refractivity contribution in [3.05, 3.63) is 47.3 Å². The second kappa shape index (κ2) is 6.60. The lowest BCUT2D eigenvalue weighted by molar-refractivity contribution is -0.114. The summed E-state index contributed by atoms with van der Waals surface area (Å²) in [5.41, 5.74) is 6.24. The third-order valence-electron chi connectivity index (χ3n) is 2.59. The first-order valence-electron chi connectivity index (χ1n) is 6.52. The molecule has 1 aromatic carbocycles. The average Bonchev–Trinajstić information content (AvgIpc) is 2.39. The van der Waals surface area contributed by atoms with Crippen LogP contribution in [-0.4, -0.2) is 22.1 Å². The van der Waals surface area contributed by atoms with E-state index in [1.54, 1.807) is 6.21 Å². The van der Waals surface area contributed by atoms with Crippen LogP contribution in [0.5, 0.6) is 0 Å². The van der Waals surface area contributed by atoms with E-state index in [1.165, 1.54) is 6.92 Å². The molecule has 0 spiro atoms. The number of anilines is 2. The highest BCUT2D eigenvalue weighted by atomic mass is 16.1. The minimum absolute atomic E-state index is 0.0925. The topological polar surface area (TPSA) is 79.3 Å². The molecule has 1 amide bonds. The molecular weight excluding hydrogens is 266 g/mol. The lowest BCUT2D eigenvalue weighted by Gasteiger charge is -2.02. The van der Waals surface area contributed by atoms with Gasteiger partial charge in [0.15, 0.2) is 0 Å². The predicted octanol–water partition coefficient (Wildman–Crippen LogP) is 2.50. The van der Waals surface area contributed by atoms with E-state index in [1.807, 2.05) is 44.2 Å². The summed E-state index contributed by atoms with van der Waals surface area (Å²) < 4.78 is 0. The quantitative estimate of drug-likeness (QED) is 0.667. The van der Waals surface area contributed by atoms with Crippen LogP contribution in [0, 0.1) is 13.8 Å². The summed E-state index contributed by atoms with van der Waals surface area (Å²) in [5.74, 6) is 0.378. The second-order valence-corrected chi connectivity index (χ2v) is 4.65. The summed E-state index contributed by atoms with van der Waals surface area (Å²) in [4.78, 5) is 19.4. The maximum absolute atomic E-state index is 10.9. The van der Waals surface area contributed by atoms with Crippen molar-refractivity contribution in [2.75, 3.05) is 10.7 Å². The molecule has 0 fully saturated rings. The Hall–Kier alpha value is -2.76. The van der Waals surface area contributed by atoms with Crippen molar-refractivity contribution in [3.63, 3.8) is 0 Å². The Balaban J connectivity index is 1.99. The normalized spacial score (nSPS) is 10.6. The number of hydrogen-bond acceptors (Lipinski definition) is 5. The van der Waals surface area contributed by atoms with Crippen LogP contribution in [0.25, 0.3) is 0 Å². The van der Waals surface area contributed by atoms with Crippen molar-refractivity contribution in [1.82, 2.24) is 9.97 Å². The zero-order chi connectivity index (χ0) is 15.2. The smallest absolute Gasteiger partial charge is 0.243 e. The zero-order valence-electron chi connectivity index (χ0n) is 12.2. The molecule has 0 aliphatic rings. The molecule has 0 bridgehead atoms. The summed E-state index contributed by atoms with van der Waals surface area (Å²) in [7, 11) is 0. The third-order valence-corrected chi connectivity index (χ3v) is 2.59. The third kappa shape index (κ3) is 4.68. The van der Waals surface area contributed by atoms with Gasteiger partial charge in [0.1, 0.15) is 0 Å². The minimum Gasteiger partial charge on any atom is -0.326 e. The first-order chi connectivity index (χ1) is 10.0. The minimum atomic E-state index is -0.0925. The molecule has 0 atom stereocenters. The Morgan fingerprint density at radius 3 is 2.33 bits per heavy atom. The molecule has 0 saturated heterocycles. The highest BCUT2D eigenvalue weighted by Crippen LogP contribution is 2.08. The van der Waals surface area contributed by atoms with Crippen LogP contribution in [0.2, 0.25) is 0 Å². The van der Waals surface area contributed by atoms with E-state index in [0.717, 1.165) is 22.6 Å². The molecular formula is C15H17N5O. The van der Waals surface area contributed by atoms with Gasteiger partial charge in [0.25, 0.3) is 0 Å². The van der Waals surface area contributed by atoms with Crippen LogP contribution in [0.4, 0.5) is 11.6 Å². The number of aryl methyl sites for hydroxylation is 2. The number of nitrogens with zero attached hydrogens (tertiary/aromatic N) is 3. The van der Waals surface area contributed by atoms with Crippen LogP contribution in [0.1, 0.15) is 23.9 Å². The van der Waals surface area contributed by atoms with Gasteiger partial charge in [-0.05, 0) is 37.6 Å². The van der Waals surface area contributed by atoms with Gasteiger partial charge in [0.05, 0.1) is 6.21 Å². The Labute approximate surface area is 123 Å². The van der Waals surface area contributed by atoms with Crippen molar-refractivity contribution in [3.8, 4) is 0 Å². The summed E-state index contributed by atoms with van der Waals surface area (Å²) in [5, 5.41) is 6.80. The largest absolute Gasteiger partial charge is 0.326 e. The molecule has 0 saturated carbocycles. The number of hydrogen-bond donors (Lipinski definition) is 2. The first kappa shape index (κ1) is 14.6. The van der Waals surface area contributed by atoms with Crippen LogP contribution in [-0.2, 0) is 4.79 Å². The number of nitrogens with one attached hydrogen (secondary N) is 2. The fourth-order valence-corrected chi connectivity index (χ4v) is 1.80. The van der Waals surface area contributed by atoms with E-state index < -0.39 is 0 Å². The highest BCUT2D eigenvalue weighted by molar-refractivity contribution is 5.89. The van der Waals surface area contributed by atoms with Gasteiger partial charge in [-0.25, -0.2) is 15.4 Å². The van der Waals surface area contributed by atoms with Gasteiger partial charge in [0, 0.05) is 24.0 Å². The number of carbonyl (C=O) groups excluding carboxylic acids is 1. The number of benzene rings is 1. The number of rotatable bonds is 4. The van der Waals surface area contributed by atoms with Crippen LogP contribution in [0.15, 0.2) is 35.4 Å². The molecule has 0 aliphatic heterocycles. The lowest BCUT2D eigenvalue weighted by atomic mass is 10.2. The zero-order valence-corrected chi connectivity index (χ0v) is 12.2. The summed E-state index contributed by atoms with van der Waals surface area (Å²) >= 11 is 0. The van der Waals surface area contributed by atoms with Crippen LogP contribution >= 0.6 is 0 Å². The maximum Gasteiger partial charge on any atom is 0.243 e. The van der Waals surface area contributed by atoms with Gasteiger partial charge in [-0.15, -0.1) is 0 Å². The van der Waals surface area contributed by atoms with Gasteiger partial charge in [-0.2, -0.15) is 5.10 Å². The van der Waals surface area contributed by atoms with Gasteiger partial charge in [0.2, 0.25) is 11.9 Å². The molecule has 6 nitrogen and oxygen atoms in total. The number of carbonyl (C=O) groups is 1. The molecule has 1 aromatic heterocycles. The standard InChI is InChI=1S/C15H17N5O/c1-10-8-11(2)18-15(17-10)20-16-9-13-4-6-14(7-5-13)19-12(3)21/h4-9H,1-3H3,(H,19,21)(H,17,18,20)/b16-9+. The molecule has 21 heavy (non-hydrogen) atoms. The molecule has 0 radical (unpaired) electrons. The Bertz CT molecular complexity index is 644. The molecule has 0 aliphatic carbocycles. The average molecular weight is 283 g/mol. The SMILES string of the molecule is CC(=O)Nc1ccc(/C=N/Nc2nc(C)cc(C)n2)cc1. The van der Waals surface area contributed by atoms with E-state index in [-0.39, 0.29) is 5.91 Å². The summed E-state index contributed by atoms with van der Waals surface area (Å²) in [6.45, 7) is 5.29. The lowest BCUT2D eigenvalue weighted by Crippen LogP contribution is -2.05. The molecule has 2 aromatic rings. The van der Waals surface area contributed by atoms with E-state index in [2.05, 4.69) is 25.8 Å². The highest BCUT2D eigenvalue weighted by Gasteiger charge is 1.97. The van der Waals surface area contributed by atoms with Crippen LogP contribution in [0.3, 0.4) is 0 Å². The molecule has 2 rings (SSSR count). The van der Waals surface area contributed by atoms with E-state index in [4.69, 9.17) is 0 Å². The number of amides is 1. The second-order valence-electron chi connectivity index (χ2n) is 4.65. The Kier molecular flexibility index (Phi) is 4.61. The van der Waals surface area contributed by atoms with Crippen molar-refractivity contribution in [2.24, 2.45) is 5.10 Å². The van der Waals surface area contributed by atoms with Gasteiger partial charge >= 0.3 is 0 Å². The van der Waals surface area contributed by atoms with Crippen LogP contribution < -0.4 is 10.7 Å². The van der Waals surface area contributed by atoms with Crippen molar-refractivity contribution in [1.29, 1.82) is 0 Å². The van der Waals surface area contributed by atoms with Crippen molar-refractivity contribution >= 4 is 23.8 Å². The fraction of sp³-hybridized carbons (Fsp3) is 0.200. The van der Waals surface area contributed by atoms with E-state index in [9.17, 15) is 4.79 Å². The first-order valence-corrected chi connectivity index (χ1v) is 6.52. The number of hydrazone groups is 1. The van der Waals surface area contributed by atoms with Gasteiger partial charge in [-0.3, -0.25) is 4.79 Å². The van der Waals surface area contributed by atoms with Gasteiger partial charge < -0.3 is 5.32 Å². The molecule has 2 N–H and O–H groups in total. The monoisotopic (exact) mass is 283 g/mol. The molecule has 108 valence electrons. The fourth-order valence-electron chi connectivity index (χ4n) is 1.80. The predicted molar refractivity (Wildman–Crippen MR) is 83.5 cm³/mol. The Morgan fingerprint density at radius 2 is 1.76 bits per heavy atom. The van der Waals surface area contributed by atoms with Crippen molar-refractivity contribution < 1.29 is 4.79 Å². The van der Waals surface area contributed by atoms with Crippen molar-refractivity contribution in [2.45, 2.75) is 20.8 Å². The summed E-state index contributed by atoms with van der Waals surface area (Å²) in [6, 6.07) is 9.25. The Morgan fingerprint density at radius 1 is 1.14 bits per heavy atom. The molecule has 0 unspecified atom stereocenters. The number of aromatic nitrogens is 2. The molecule has 6 heteroatoms. The van der Waals surface area contributed by atoms with E-state index in [0.29, 0.717) is 5.95 Å². The van der Waals surface area contributed by atoms with Gasteiger partial charge in [-0.1, -0.05) is 12.1 Å².